The highest BCUT2D eigenvalue weighted by molar-refractivity contribution is 5.12. The van der Waals surface area contributed by atoms with Gasteiger partial charge < -0.3 is 11.1 Å². The van der Waals surface area contributed by atoms with Gasteiger partial charge in [0.25, 0.3) is 0 Å². The maximum Gasteiger partial charge on any atom is 0.0297 e. The highest BCUT2D eigenvalue weighted by Crippen LogP contribution is 2.28. The van der Waals surface area contributed by atoms with Gasteiger partial charge in [-0.2, -0.15) is 0 Å². The molecule has 0 aromatic carbocycles. The third kappa shape index (κ3) is 1.93. The van der Waals surface area contributed by atoms with Crippen molar-refractivity contribution in [1.29, 1.82) is 0 Å². The lowest BCUT2D eigenvalue weighted by Gasteiger charge is -2.18. The summed E-state index contributed by atoms with van der Waals surface area (Å²) in [7, 11) is 0. The maximum atomic E-state index is 5.90. The Bertz CT molecular complexity index is 192. The molecule has 0 aliphatic heterocycles. The zero-order valence-electron chi connectivity index (χ0n) is 7.60. The zero-order valence-corrected chi connectivity index (χ0v) is 7.60. The summed E-state index contributed by atoms with van der Waals surface area (Å²) in [6, 6.07) is 0. The molecular weight excluding hydrogens is 148 g/mol. The van der Waals surface area contributed by atoms with Crippen molar-refractivity contribution in [2.24, 2.45) is 11.7 Å². The molecule has 2 nitrogen and oxygen atoms in total. The van der Waals surface area contributed by atoms with Crippen LogP contribution in [-0.2, 0) is 0 Å². The van der Waals surface area contributed by atoms with Crippen molar-refractivity contribution in [2.45, 2.75) is 38.5 Å². The van der Waals surface area contributed by atoms with E-state index in [1.165, 1.54) is 37.8 Å². The molecule has 1 saturated carbocycles. The Morgan fingerprint density at radius 2 is 2.00 bits per heavy atom. The summed E-state index contributed by atoms with van der Waals surface area (Å²) in [5, 5.41) is 3.49. The molecule has 3 N–H and O–H groups in total. The fourth-order valence-corrected chi connectivity index (χ4v) is 1.72. The molecule has 0 radical (unpaired) electrons. The van der Waals surface area contributed by atoms with Crippen molar-refractivity contribution >= 4 is 0 Å². The molecule has 0 aromatic heterocycles. The van der Waals surface area contributed by atoms with Crippen molar-refractivity contribution in [3.8, 4) is 0 Å². The van der Waals surface area contributed by atoms with Crippen LogP contribution in [0.3, 0.4) is 0 Å². The molecule has 2 aliphatic rings. The van der Waals surface area contributed by atoms with Gasteiger partial charge in [0.05, 0.1) is 0 Å². The van der Waals surface area contributed by atoms with Crippen LogP contribution in [0.15, 0.2) is 11.4 Å². The number of rotatable bonds is 3. The quantitative estimate of drug-likeness (QED) is 0.670. The van der Waals surface area contributed by atoms with Crippen LogP contribution >= 0.6 is 0 Å². The summed E-state index contributed by atoms with van der Waals surface area (Å²) < 4.78 is 0. The van der Waals surface area contributed by atoms with E-state index in [2.05, 4.69) is 5.32 Å². The Morgan fingerprint density at radius 1 is 1.25 bits per heavy atom. The highest BCUT2D eigenvalue weighted by Gasteiger charge is 2.21. The van der Waals surface area contributed by atoms with Crippen LogP contribution < -0.4 is 11.1 Å². The maximum absolute atomic E-state index is 5.90. The van der Waals surface area contributed by atoms with E-state index in [4.69, 9.17) is 5.73 Å². The van der Waals surface area contributed by atoms with Crippen molar-refractivity contribution in [3.05, 3.63) is 11.4 Å². The van der Waals surface area contributed by atoms with Gasteiger partial charge in [0, 0.05) is 17.9 Å². The largest absolute Gasteiger partial charge is 0.401 e. The van der Waals surface area contributed by atoms with Gasteiger partial charge in [0.2, 0.25) is 0 Å². The predicted molar refractivity (Wildman–Crippen MR) is 50.4 cm³/mol. The molecule has 0 bridgehead atoms. The van der Waals surface area contributed by atoms with Crippen molar-refractivity contribution in [1.82, 2.24) is 5.32 Å². The van der Waals surface area contributed by atoms with Crippen LogP contribution in [0.4, 0.5) is 0 Å². The average molecular weight is 166 g/mol. The monoisotopic (exact) mass is 166 g/mol. The molecule has 0 unspecified atom stereocenters. The number of hydrogen-bond acceptors (Lipinski definition) is 2. The molecular formula is C10H18N2. The first-order chi connectivity index (χ1) is 5.86. The molecule has 68 valence electrons. The van der Waals surface area contributed by atoms with Crippen molar-refractivity contribution < 1.29 is 0 Å². The van der Waals surface area contributed by atoms with Gasteiger partial charge in [-0.05, 0) is 44.4 Å². The van der Waals surface area contributed by atoms with Gasteiger partial charge in [-0.25, -0.2) is 0 Å². The lowest BCUT2D eigenvalue weighted by atomic mass is 10.0. The zero-order chi connectivity index (χ0) is 8.39. The van der Waals surface area contributed by atoms with Crippen LogP contribution in [0.5, 0.6) is 0 Å². The average Bonchev–Trinajstić information content (AvgIpc) is 2.86. The predicted octanol–water partition coefficient (Wildman–Crippen LogP) is 1.73. The van der Waals surface area contributed by atoms with Gasteiger partial charge in [-0.1, -0.05) is 0 Å². The Hall–Kier alpha value is -0.660. The Labute approximate surface area is 74.2 Å². The summed E-state index contributed by atoms with van der Waals surface area (Å²) in [5.41, 5.74) is 8.36. The van der Waals surface area contributed by atoms with Gasteiger partial charge in [-0.15, -0.1) is 0 Å². The van der Waals surface area contributed by atoms with Crippen LogP contribution in [0.25, 0.3) is 0 Å². The number of hydrogen-bond donors (Lipinski definition) is 2. The molecule has 0 atom stereocenters. The van der Waals surface area contributed by atoms with Gasteiger partial charge in [0.15, 0.2) is 0 Å². The second-order valence-electron chi connectivity index (χ2n) is 4.04. The number of allylic oxidation sites excluding steroid dienone is 2. The smallest absolute Gasteiger partial charge is 0.0297 e. The van der Waals surface area contributed by atoms with E-state index < -0.39 is 0 Å². The lowest BCUT2D eigenvalue weighted by molar-refractivity contribution is 0.596. The molecule has 2 aliphatic carbocycles. The summed E-state index contributed by atoms with van der Waals surface area (Å²) in [6.45, 7) is 1.16. The SMILES string of the molecule is NC1=C(NCC2CC2)CCCC1. The topological polar surface area (TPSA) is 38.0 Å². The summed E-state index contributed by atoms with van der Waals surface area (Å²) in [4.78, 5) is 0. The molecule has 12 heavy (non-hydrogen) atoms. The minimum absolute atomic E-state index is 0.951. The number of nitrogens with one attached hydrogen (secondary N) is 1. The fourth-order valence-electron chi connectivity index (χ4n) is 1.72. The normalized spacial score (nSPS) is 24.3. The molecule has 2 heteroatoms. The second-order valence-corrected chi connectivity index (χ2v) is 4.04. The second kappa shape index (κ2) is 3.38. The highest BCUT2D eigenvalue weighted by atomic mass is 14.9. The van der Waals surface area contributed by atoms with E-state index in [-0.39, 0.29) is 0 Å². The van der Waals surface area contributed by atoms with Crippen LogP contribution in [0.2, 0.25) is 0 Å². The Morgan fingerprint density at radius 3 is 2.67 bits per heavy atom. The van der Waals surface area contributed by atoms with E-state index in [0.717, 1.165) is 24.6 Å². The molecule has 1 fully saturated rings. The van der Waals surface area contributed by atoms with E-state index in [1.807, 2.05) is 0 Å². The third-order valence-corrected chi connectivity index (χ3v) is 2.81. The lowest BCUT2D eigenvalue weighted by Crippen LogP contribution is -2.22. The van der Waals surface area contributed by atoms with Gasteiger partial charge in [-0.3, -0.25) is 0 Å². The first-order valence-electron chi connectivity index (χ1n) is 5.07. The summed E-state index contributed by atoms with van der Waals surface area (Å²) in [5.74, 6) is 0.951. The summed E-state index contributed by atoms with van der Waals surface area (Å²) in [6.07, 6.45) is 7.71. The summed E-state index contributed by atoms with van der Waals surface area (Å²) >= 11 is 0. The van der Waals surface area contributed by atoms with Crippen LogP contribution in [0.1, 0.15) is 38.5 Å². The van der Waals surface area contributed by atoms with E-state index >= 15 is 0 Å². The standard InChI is InChI=1S/C10H18N2/c11-9-3-1-2-4-10(9)12-7-8-5-6-8/h8,12H,1-7,11H2. The first kappa shape index (κ1) is 7.96. The number of nitrogens with two attached hydrogens (primary N) is 1. The van der Waals surface area contributed by atoms with Gasteiger partial charge >= 0.3 is 0 Å². The van der Waals surface area contributed by atoms with Crippen molar-refractivity contribution in [3.63, 3.8) is 0 Å². The Balaban J connectivity index is 1.82. The molecule has 0 spiro atoms. The molecule has 0 amide bonds. The minimum Gasteiger partial charge on any atom is -0.401 e. The van der Waals surface area contributed by atoms with Crippen molar-refractivity contribution in [2.75, 3.05) is 6.54 Å². The van der Waals surface area contributed by atoms with Gasteiger partial charge in [0.1, 0.15) is 0 Å². The van der Waals surface area contributed by atoms with E-state index in [9.17, 15) is 0 Å². The van der Waals surface area contributed by atoms with E-state index in [1.54, 1.807) is 0 Å². The fraction of sp³-hybridized carbons (Fsp3) is 0.800. The molecule has 0 aromatic rings. The molecule has 0 heterocycles. The Kier molecular flexibility index (Phi) is 2.24. The van der Waals surface area contributed by atoms with Crippen LogP contribution in [-0.4, -0.2) is 6.54 Å². The third-order valence-electron chi connectivity index (χ3n) is 2.81. The van der Waals surface area contributed by atoms with Crippen LogP contribution in [0, 0.1) is 5.92 Å². The molecule has 2 rings (SSSR count). The first-order valence-corrected chi connectivity index (χ1v) is 5.07. The minimum atomic E-state index is 0.951. The van der Waals surface area contributed by atoms with E-state index in [0.29, 0.717) is 0 Å². The molecule has 0 saturated heterocycles.